The van der Waals surface area contributed by atoms with Gasteiger partial charge in [-0.3, -0.25) is 38.4 Å². The number of H-pyrrole nitrogens is 1. The summed E-state index contributed by atoms with van der Waals surface area (Å²) in [6, 6.07) is 23.0. The average Bonchev–Trinajstić information content (AvgIpc) is 3.83. The van der Waals surface area contributed by atoms with Gasteiger partial charge in [0.15, 0.2) is 6.17 Å². The number of aliphatic hydroxyl groups excluding tert-OH is 1. The number of carboxylic acids is 1. The number of rotatable bonds is 29. The maximum atomic E-state index is 14.8. The number of benzene rings is 4. The van der Waals surface area contributed by atoms with Crippen molar-refractivity contribution in [3.8, 4) is 0 Å². The minimum absolute atomic E-state index is 0.00705. The third kappa shape index (κ3) is 18.5. The summed E-state index contributed by atoms with van der Waals surface area (Å²) in [5.74, 6) is -9.09. The molecule has 77 heavy (non-hydrogen) atoms. The van der Waals surface area contributed by atoms with Gasteiger partial charge in [-0.1, -0.05) is 109 Å². The molecule has 0 unspecified atom stereocenters. The Kier molecular flexibility index (Phi) is 23.5. The zero-order valence-corrected chi connectivity index (χ0v) is 43.8. The summed E-state index contributed by atoms with van der Waals surface area (Å²) in [5, 5.41) is 41.3. The monoisotopic (exact) mass is 1100 g/mol. The molecule has 0 saturated heterocycles. The number of hydrogen-bond donors (Lipinski definition) is 15. The smallest absolute Gasteiger partial charge is 0.327 e. The SMILES string of the molecule is C[C@@H](O)[C@H](NC(=O)[C@H](NC(=O)CCN)NC(=O)[C@@H](Cc1c[nH]c2ccccc12)NC(=O)[C@H](Cc1ccccc1)NC(=O)[C@H](Cc1ccccc1)NC(=O)[C@@H](N)CS)C(=O)N[C@@H](Cc1ccccc1)C(=O)N[C@@H](CS)C(=O)O. The van der Waals surface area contributed by atoms with Crippen molar-refractivity contribution in [1.29, 1.82) is 0 Å². The molecule has 0 aliphatic carbocycles. The fourth-order valence-corrected chi connectivity index (χ4v) is 8.36. The van der Waals surface area contributed by atoms with Gasteiger partial charge < -0.3 is 69.2 Å². The van der Waals surface area contributed by atoms with E-state index >= 15 is 0 Å². The van der Waals surface area contributed by atoms with Gasteiger partial charge in [0.1, 0.15) is 36.3 Å². The molecule has 0 saturated carbocycles. The molecule has 0 bridgehead atoms. The number of aromatic nitrogens is 1. The van der Waals surface area contributed by atoms with Gasteiger partial charge in [0.25, 0.3) is 5.91 Å². The molecule has 410 valence electrons. The first-order valence-electron chi connectivity index (χ1n) is 24.6. The van der Waals surface area contributed by atoms with Crippen LogP contribution in [0.25, 0.3) is 10.9 Å². The van der Waals surface area contributed by atoms with Crippen molar-refractivity contribution in [2.24, 2.45) is 11.5 Å². The Bertz CT molecular complexity index is 2810. The molecule has 4 aromatic carbocycles. The molecule has 9 atom stereocenters. The molecule has 0 aliphatic heterocycles. The molecule has 0 aliphatic rings. The molecule has 0 radical (unpaired) electrons. The average molecular weight is 1100 g/mol. The number of aliphatic hydroxyl groups is 1. The number of fused-ring (bicyclic) bond motifs is 1. The highest BCUT2D eigenvalue weighted by Crippen LogP contribution is 2.20. The van der Waals surface area contributed by atoms with Crippen molar-refractivity contribution < 1.29 is 53.4 Å². The summed E-state index contributed by atoms with van der Waals surface area (Å²) in [5.41, 5.74) is 14.7. The summed E-state index contributed by atoms with van der Waals surface area (Å²) < 4.78 is 0. The summed E-state index contributed by atoms with van der Waals surface area (Å²) in [4.78, 5) is 127. The lowest BCUT2D eigenvalue weighted by Gasteiger charge is -2.29. The summed E-state index contributed by atoms with van der Waals surface area (Å²) in [7, 11) is 0. The molecule has 1 heterocycles. The Morgan fingerprint density at radius 3 is 1.40 bits per heavy atom. The highest BCUT2D eigenvalue weighted by atomic mass is 32.1. The molecule has 22 nitrogen and oxygen atoms in total. The van der Waals surface area contributed by atoms with Crippen LogP contribution in [0.2, 0.25) is 0 Å². The van der Waals surface area contributed by atoms with E-state index in [1.165, 1.54) is 0 Å². The Hall–Kier alpha value is -7.77. The quantitative estimate of drug-likeness (QED) is 0.0200. The van der Waals surface area contributed by atoms with Crippen LogP contribution in [0.15, 0.2) is 121 Å². The molecule has 24 heteroatoms. The number of nitrogens with one attached hydrogen (secondary N) is 9. The van der Waals surface area contributed by atoms with E-state index < -0.39 is 108 Å². The second kappa shape index (κ2) is 30.1. The van der Waals surface area contributed by atoms with Crippen LogP contribution < -0.4 is 54.0 Å². The lowest BCUT2D eigenvalue weighted by atomic mass is 10.0. The van der Waals surface area contributed by atoms with Crippen LogP contribution in [-0.2, 0) is 68.8 Å². The largest absolute Gasteiger partial charge is 0.480 e. The van der Waals surface area contributed by atoms with Gasteiger partial charge in [-0.05, 0) is 35.2 Å². The van der Waals surface area contributed by atoms with E-state index in [-0.39, 0.29) is 50.2 Å². The molecule has 1 aromatic heterocycles. The normalized spacial score (nSPS) is 14.6. The van der Waals surface area contributed by atoms with Gasteiger partial charge >= 0.3 is 5.97 Å². The standard InChI is InChI=1S/C53H65N11O11S2/c1-30(65)44(51(72)60-40(25-33-17-9-4-10-18-33)49(70)61-42(29-77)53(74)75)63-52(73)45(62-43(66)21-22-54)64-50(71)41(26-34-27-56-37-20-12-11-19-35(34)37)59-48(69)39(24-32-15-7-3-8-16-32)58-47(68)38(57-46(67)36(55)28-76)23-31-13-5-2-6-14-31/h2-20,27,30,36,38-42,44-45,56,65,76-77H,21-26,28-29,54-55H2,1H3,(H,57,67)(H,58,68)(H,59,69)(H,60,72)(H,61,70)(H,62,66)(H,63,73)(H,64,71)(H,74,75)/t30-,36+,38+,39+,40+,41-,42+,44+,45-/m1/s1. The van der Waals surface area contributed by atoms with Crippen molar-refractivity contribution in [3.05, 3.63) is 144 Å². The first kappa shape index (κ1) is 60.1. The predicted octanol–water partition coefficient (Wildman–Crippen LogP) is -1.09. The predicted molar refractivity (Wildman–Crippen MR) is 293 cm³/mol. The van der Waals surface area contributed by atoms with Crippen LogP contribution in [0.3, 0.4) is 0 Å². The summed E-state index contributed by atoms with van der Waals surface area (Å²) in [6.07, 6.45) is -2.86. The summed E-state index contributed by atoms with van der Waals surface area (Å²) in [6.45, 7) is 0.977. The van der Waals surface area contributed by atoms with Crippen LogP contribution in [0.5, 0.6) is 0 Å². The van der Waals surface area contributed by atoms with E-state index in [1.54, 1.807) is 121 Å². The van der Waals surface area contributed by atoms with Gasteiger partial charge in [0, 0.05) is 67.3 Å². The molecule has 5 rings (SSSR count). The fourth-order valence-electron chi connectivity index (χ4n) is 7.95. The van der Waals surface area contributed by atoms with E-state index in [4.69, 9.17) is 11.5 Å². The van der Waals surface area contributed by atoms with Gasteiger partial charge in [-0.2, -0.15) is 25.3 Å². The highest BCUT2D eigenvalue weighted by Gasteiger charge is 2.37. The number of aliphatic carboxylic acids is 1. The molecule has 15 N–H and O–H groups in total. The van der Waals surface area contributed by atoms with Crippen LogP contribution in [0.4, 0.5) is 0 Å². The third-order valence-electron chi connectivity index (χ3n) is 12.1. The maximum absolute atomic E-state index is 14.8. The van der Waals surface area contributed by atoms with E-state index in [0.29, 0.717) is 33.2 Å². The Morgan fingerprint density at radius 1 is 0.519 bits per heavy atom. The van der Waals surface area contributed by atoms with Crippen molar-refractivity contribution in [1.82, 2.24) is 47.5 Å². The number of carbonyl (C=O) groups is 9. The topological polar surface area (TPSA) is 358 Å². The Labute approximate surface area is 455 Å². The number of carbonyl (C=O) groups excluding carboxylic acids is 8. The third-order valence-corrected chi connectivity index (χ3v) is 12.9. The van der Waals surface area contributed by atoms with Gasteiger partial charge in [0.05, 0.1) is 12.1 Å². The zero-order chi connectivity index (χ0) is 56.0. The van der Waals surface area contributed by atoms with Crippen LogP contribution >= 0.6 is 25.3 Å². The molecule has 5 aromatic rings. The molecule has 8 amide bonds. The van der Waals surface area contributed by atoms with E-state index in [9.17, 15) is 53.4 Å². The van der Waals surface area contributed by atoms with Crippen LogP contribution in [0.1, 0.15) is 35.6 Å². The second-order valence-electron chi connectivity index (χ2n) is 18.0. The molecule has 0 spiro atoms. The van der Waals surface area contributed by atoms with Crippen molar-refractivity contribution in [2.45, 2.75) is 93.6 Å². The lowest BCUT2D eigenvalue weighted by molar-refractivity contribution is -0.141. The van der Waals surface area contributed by atoms with E-state index in [1.807, 2.05) is 0 Å². The number of nitrogens with two attached hydrogens (primary N) is 2. The van der Waals surface area contributed by atoms with Crippen molar-refractivity contribution >= 4 is 89.4 Å². The number of amides is 8. The Morgan fingerprint density at radius 2 is 0.948 bits per heavy atom. The van der Waals surface area contributed by atoms with E-state index in [0.717, 1.165) is 6.92 Å². The number of hydrogen-bond acceptors (Lipinski definition) is 14. The first-order chi connectivity index (χ1) is 36.9. The Balaban J connectivity index is 1.46. The summed E-state index contributed by atoms with van der Waals surface area (Å²) >= 11 is 8.12. The molecular weight excluding hydrogens is 1030 g/mol. The van der Waals surface area contributed by atoms with Crippen molar-refractivity contribution in [3.63, 3.8) is 0 Å². The number of thiol groups is 2. The zero-order valence-electron chi connectivity index (χ0n) is 42.0. The molecule has 0 fully saturated rings. The number of aromatic amines is 1. The number of para-hydroxylation sites is 1. The van der Waals surface area contributed by atoms with Crippen LogP contribution in [0, 0.1) is 0 Å². The number of carboxylic acid groups (broad SMARTS) is 1. The van der Waals surface area contributed by atoms with Crippen molar-refractivity contribution in [2.75, 3.05) is 18.1 Å². The fraction of sp³-hybridized carbons (Fsp3) is 0.340. The first-order valence-corrected chi connectivity index (χ1v) is 25.8. The lowest BCUT2D eigenvalue weighted by Crippen LogP contribution is -2.65. The molecular formula is C53H65N11O11S2. The minimum Gasteiger partial charge on any atom is -0.480 e. The second-order valence-corrected chi connectivity index (χ2v) is 18.8. The van der Waals surface area contributed by atoms with Gasteiger partial charge in [0.2, 0.25) is 41.4 Å². The maximum Gasteiger partial charge on any atom is 0.327 e. The van der Waals surface area contributed by atoms with Gasteiger partial charge in [-0.25, -0.2) is 4.79 Å². The van der Waals surface area contributed by atoms with Gasteiger partial charge in [-0.15, -0.1) is 0 Å². The van der Waals surface area contributed by atoms with Crippen LogP contribution in [-0.4, -0.2) is 141 Å². The highest BCUT2D eigenvalue weighted by molar-refractivity contribution is 7.80. The minimum atomic E-state index is -2.00. The van der Waals surface area contributed by atoms with E-state index in [2.05, 4.69) is 72.8 Å².